The lowest BCUT2D eigenvalue weighted by Gasteiger charge is -2.19. The molecule has 0 fully saturated rings. The Bertz CT molecular complexity index is 555. The maximum atomic E-state index is 12.2. The molecule has 0 aromatic rings. The van der Waals surface area contributed by atoms with Crippen molar-refractivity contribution in [3.05, 3.63) is 12.2 Å². The number of carbonyl (C=O) groups excluding carboxylic acids is 2. The Morgan fingerprint density at radius 1 is 0.839 bits per heavy atom. The summed E-state index contributed by atoms with van der Waals surface area (Å²) in [5.41, 5.74) is 0.782. The maximum Gasteiger partial charge on any atom is 0.307 e. The second-order valence-electron chi connectivity index (χ2n) is 8.63. The molecular weight excluding hydrogens is 388 g/mol. The summed E-state index contributed by atoms with van der Waals surface area (Å²) in [5.74, 6) is 6.01. The van der Waals surface area contributed by atoms with E-state index in [-0.39, 0.29) is 24.0 Å². The average Bonchev–Trinajstić information content (AvgIpc) is 2.72. The fourth-order valence-corrected chi connectivity index (χ4v) is 3.32. The molecule has 4 heteroatoms. The van der Waals surface area contributed by atoms with Crippen LogP contribution in [0.3, 0.4) is 0 Å². The highest BCUT2D eigenvalue weighted by atomic mass is 16.5. The molecule has 0 saturated heterocycles. The molecule has 0 amide bonds. The van der Waals surface area contributed by atoms with Gasteiger partial charge in [0.25, 0.3) is 0 Å². The number of ether oxygens (including phenoxy) is 2. The Balaban J connectivity index is 3.83. The third-order valence-electron chi connectivity index (χ3n) is 5.22. The van der Waals surface area contributed by atoms with E-state index in [4.69, 9.17) is 9.47 Å². The van der Waals surface area contributed by atoms with Crippen LogP contribution in [-0.2, 0) is 19.1 Å². The van der Waals surface area contributed by atoms with Gasteiger partial charge in [0.15, 0.2) is 6.10 Å². The van der Waals surface area contributed by atoms with Crippen LogP contribution in [0.5, 0.6) is 0 Å². The van der Waals surface area contributed by atoms with E-state index in [1.54, 1.807) is 0 Å². The molecule has 0 heterocycles. The van der Waals surface area contributed by atoms with Crippen molar-refractivity contribution in [2.24, 2.45) is 5.92 Å². The molecule has 0 aliphatic heterocycles. The minimum absolute atomic E-state index is 0.0687. The van der Waals surface area contributed by atoms with Crippen LogP contribution in [-0.4, -0.2) is 24.6 Å². The molecule has 4 nitrogen and oxygen atoms in total. The molecule has 31 heavy (non-hydrogen) atoms. The summed E-state index contributed by atoms with van der Waals surface area (Å²) >= 11 is 0. The first-order chi connectivity index (χ1) is 14.9. The molecule has 2 atom stereocenters. The molecule has 0 rings (SSSR count). The van der Waals surface area contributed by atoms with Crippen LogP contribution in [0.4, 0.5) is 0 Å². The molecular formula is C27H46O4. The van der Waals surface area contributed by atoms with E-state index < -0.39 is 0 Å². The molecule has 0 aromatic heterocycles. The highest BCUT2D eigenvalue weighted by molar-refractivity contribution is 5.70. The highest BCUT2D eigenvalue weighted by Crippen LogP contribution is 2.16. The van der Waals surface area contributed by atoms with Crippen molar-refractivity contribution >= 4 is 11.9 Å². The number of carbonyl (C=O) groups is 2. The van der Waals surface area contributed by atoms with Gasteiger partial charge < -0.3 is 9.47 Å². The number of allylic oxidation sites excluding steroid dienone is 1. The van der Waals surface area contributed by atoms with Crippen molar-refractivity contribution in [3.8, 4) is 11.8 Å². The number of unbranched alkanes of at least 4 members (excludes halogenated alkanes) is 8. The van der Waals surface area contributed by atoms with Crippen molar-refractivity contribution in [2.45, 2.75) is 124 Å². The van der Waals surface area contributed by atoms with Crippen LogP contribution in [0.15, 0.2) is 12.2 Å². The second kappa shape index (κ2) is 20.2. The molecule has 2 unspecified atom stereocenters. The molecule has 0 aliphatic rings. The van der Waals surface area contributed by atoms with E-state index in [1.165, 1.54) is 12.8 Å². The van der Waals surface area contributed by atoms with Crippen LogP contribution in [0.1, 0.15) is 118 Å². The van der Waals surface area contributed by atoms with Crippen molar-refractivity contribution in [3.63, 3.8) is 0 Å². The van der Waals surface area contributed by atoms with Crippen molar-refractivity contribution in [1.29, 1.82) is 0 Å². The summed E-state index contributed by atoms with van der Waals surface area (Å²) in [6.07, 6.45) is 13.0. The van der Waals surface area contributed by atoms with Crippen LogP contribution >= 0.6 is 0 Å². The summed E-state index contributed by atoms with van der Waals surface area (Å²) < 4.78 is 10.9. The normalized spacial score (nSPS) is 12.4. The summed E-state index contributed by atoms with van der Waals surface area (Å²) in [6.45, 7) is 12.6. The number of rotatable bonds is 18. The Morgan fingerprint density at radius 2 is 1.42 bits per heavy atom. The zero-order valence-corrected chi connectivity index (χ0v) is 20.6. The van der Waals surface area contributed by atoms with Crippen molar-refractivity contribution < 1.29 is 19.1 Å². The molecule has 0 aliphatic carbocycles. The van der Waals surface area contributed by atoms with E-state index in [0.717, 1.165) is 69.8 Å². The lowest BCUT2D eigenvalue weighted by molar-refractivity contribution is -0.148. The van der Waals surface area contributed by atoms with Crippen molar-refractivity contribution in [2.75, 3.05) is 6.61 Å². The van der Waals surface area contributed by atoms with E-state index >= 15 is 0 Å². The summed E-state index contributed by atoms with van der Waals surface area (Å²) in [6, 6.07) is 0. The van der Waals surface area contributed by atoms with Gasteiger partial charge in [-0.25, -0.2) is 0 Å². The maximum absolute atomic E-state index is 12.2. The predicted molar refractivity (Wildman–Crippen MR) is 129 cm³/mol. The molecule has 0 N–H and O–H groups in total. The van der Waals surface area contributed by atoms with E-state index in [2.05, 4.69) is 39.2 Å². The molecule has 0 radical (unpaired) electrons. The minimum atomic E-state index is -0.351. The van der Waals surface area contributed by atoms with E-state index in [1.807, 2.05) is 6.92 Å². The van der Waals surface area contributed by atoms with Gasteiger partial charge in [-0.15, -0.1) is 0 Å². The monoisotopic (exact) mass is 434 g/mol. The van der Waals surface area contributed by atoms with Gasteiger partial charge in [-0.2, -0.15) is 0 Å². The van der Waals surface area contributed by atoms with Crippen LogP contribution < -0.4 is 0 Å². The van der Waals surface area contributed by atoms with Gasteiger partial charge in [0.2, 0.25) is 0 Å². The average molecular weight is 435 g/mol. The standard InChI is InChI=1S/C27H46O4/c1-6-8-9-16-22-30-26(28)18-14-12-10-11-13-15-19-27(29)31-25(21-20-23(3)4)24(5)17-7-2/h24-25H,3,6-19,22H2,1-2,4-5H3. The SMILES string of the molecule is C=C(C)C#CC(OC(=O)CCCCCCCCC(=O)OCCCCCC)C(C)CCC. The lowest BCUT2D eigenvalue weighted by Crippen LogP contribution is -2.24. The Labute approximate surface area is 191 Å². The van der Waals surface area contributed by atoms with Gasteiger partial charge in [0.05, 0.1) is 6.61 Å². The first-order valence-corrected chi connectivity index (χ1v) is 12.4. The molecule has 0 spiro atoms. The van der Waals surface area contributed by atoms with Crippen LogP contribution in [0, 0.1) is 17.8 Å². The van der Waals surface area contributed by atoms with Crippen LogP contribution in [0.25, 0.3) is 0 Å². The first kappa shape index (κ1) is 29.2. The smallest absolute Gasteiger partial charge is 0.307 e. The summed E-state index contributed by atoms with van der Waals surface area (Å²) in [4.78, 5) is 23.9. The van der Waals surface area contributed by atoms with Gasteiger partial charge in [-0.05, 0) is 38.2 Å². The lowest BCUT2D eigenvalue weighted by atomic mass is 9.99. The largest absolute Gasteiger partial charge is 0.466 e. The van der Waals surface area contributed by atoms with Gasteiger partial charge in [0.1, 0.15) is 0 Å². The summed E-state index contributed by atoms with van der Waals surface area (Å²) in [7, 11) is 0. The number of esters is 2. The molecule has 178 valence electrons. The fourth-order valence-electron chi connectivity index (χ4n) is 3.32. The van der Waals surface area contributed by atoms with Crippen LogP contribution in [0.2, 0.25) is 0 Å². The zero-order valence-electron chi connectivity index (χ0n) is 20.6. The predicted octanol–water partition coefficient (Wildman–Crippen LogP) is 7.16. The van der Waals surface area contributed by atoms with Gasteiger partial charge in [-0.3, -0.25) is 9.59 Å². The zero-order chi connectivity index (χ0) is 23.3. The number of hydrogen-bond acceptors (Lipinski definition) is 4. The molecule has 0 aromatic carbocycles. The quantitative estimate of drug-likeness (QED) is 0.130. The summed E-state index contributed by atoms with van der Waals surface area (Å²) in [5, 5.41) is 0. The molecule has 0 bridgehead atoms. The number of hydrogen-bond donors (Lipinski definition) is 0. The topological polar surface area (TPSA) is 52.6 Å². The Hall–Kier alpha value is -1.76. The Morgan fingerprint density at radius 3 is 2.00 bits per heavy atom. The van der Waals surface area contributed by atoms with E-state index in [0.29, 0.717) is 19.4 Å². The minimum Gasteiger partial charge on any atom is -0.466 e. The third-order valence-corrected chi connectivity index (χ3v) is 5.22. The highest BCUT2D eigenvalue weighted by Gasteiger charge is 2.18. The van der Waals surface area contributed by atoms with Gasteiger partial charge >= 0.3 is 11.9 Å². The van der Waals surface area contributed by atoms with Crippen molar-refractivity contribution in [1.82, 2.24) is 0 Å². The Kier molecular flexibility index (Phi) is 19.0. The van der Waals surface area contributed by atoms with E-state index in [9.17, 15) is 9.59 Å². The first-order valence-electron chi connectivity index (χ1n) is 12.4. The molecule has 0 saturated carbocycles. The fraction of sp³-hybridized carbons (Fsp3) is 0.778. The third kappa shape index (κ3) is 18.7. The second-order valence-corrected chi connectivity index (χ2v) is 8.63. The van der Waals surface area contributed by atoms with Gasteiger partial charge in [-0.1, -0.05) is 90.6 Å². The van der Waals surface area contributed by atoms with Gasteiger partial charge in [0, 0.05) is 18.8 Å².